The topological polar surface area (TPSA) is 89.1 Å². The number of hydrogen-bond acceptors (Lipinski definition) is 6. The molecule has 8 heteroatoms. The van der Waals surface area contributed by atoms with Crippen molar-refractivity contribution in [2.24, 2.45) is 0 Å². The van der Waals surface area contributed by atoms with Gasteiger partial charge in [0.05, 0.1) is 33.0 Å². The molecule has 0 bridgehead atoms. The third-order valence-electron chi connectivity index (χ3n) is 6.23. The molecule has 2 aromatic carbocycles. The summed E-state index contributed by atoms with van der Waals surface area (Å²) in [7, 11) is 4.58. The molecule has 2 aliphatic rings. The Kier molecular flexibility index (Phi) is 6.23. The average molecular weight is 440 g/mol. The normalized spacial score (nSPS) is 19.5. The Bertz CT molecular complexity index is 961. The molecule has 2 heterocycles. The molecule has 8 nitrogen and oxygen atoms in total. The van der Waals surface area contributed by atoms with Crippen molar-refractivity contribution in [1.82, 2.24) is 15.5 Å². The minimum Gasteiger partial charge on any atom is -0.493 e. The number of rotatable bonds is 6. The van der Waals surface area contributed by atoms with Gasteiger partial charge in [-0.05, 0) is 24.1 Å². The molecule has 1 atom stereocenters. The summed E-state index contributed by atoms with van der Waals surface area (Å²) >= 11 is 0. The first-order valence-electron chi connectivity index (χ1n) is 10.7. The van der Waals surface area contributed by atoms with E-state index in [4.69, 9.17) is 14.2 Å². The van der Waals surface area contributed by atoms with Crippen molar-refractivity contribution in [3.8, 4) is 17.2 Å². The number of nitrogens with one attached hydrogen (secondary N) is 2. The van der Waals surface area contributed by atoms with Gasteiger partial charge in [-0.1, -0.05) is 30.3 Å². The van der Waals surface area contributed by atoms with Gasteiger partial charge in [-0.25, -0.2) is 0 Å². The Hall–Kier alpha value is -3.26. The number of benzene rings is 2. The van der Waals surface area contributed by atoms with E-state index in [1.807, 2.05) is 30.3 Å². The SMILES string of the molecule is COc1cc(C(=O)N2CCC3(CC2)NC(=O)C(Cc2ccccc2)N3)cc(OC)c1OC. The second-order valence-corrected chi connectivity index (χ2v) is 8.16. The predicted octanol–water partition coefficient (Wildman–Crippen LogP) is 1.98. The first-order valence-corrected chi connectivity index (χ1v) is 10.7. The molecule has 0 aromatic heterocycles. The van der Waals surface area contributed by atoms with Crippen molar-refractivity contribution in [3.05, 3.63) is 53.6 Å². The summed E-state index contributed by atoms with van der Waals surface area (Å²) in [4.78, 5) is 27.6. The van der Waals surface area contributed by atoms with Crippen molar-refractivity contribution in [2.45, 2.75) is 31.0 Å². The van der Waals surface area contributed by atoms with Gasteiger partial charge in [-0.15, -0.1) is 0 Å². The summed E-state index contributed by atoms with van der Waals surface area (Å²) in [6.07, 6.45) is 1.92. The Morgan fingerprint density at radius 2 is 1.66 bits per heavy atom. The van der Waals surface area contributed by atoms with Crippen LogP contribution in [0, 0.1) is 0 Å². The van der Waals surface area contributed by atoms with Crippen LogP contribution in [-0.2, 0) is 11.2 Å². The van der Waals surface area contributed by atoms with E-state index >= 15 is 0 Å². The number of hydrogen-bond donors (Lipinski definition) is 2. The number of amides is 2. The minimum absolute atomic E-state index is 0.0123. The zero-order chi connectivity index (χ0) is 22.7. The fraction of sp³-hybridized carbons (Fsp3) is 0.417. The van der Waals surface area contributed by atoms with Gasteiger partial charge in [0.2, 0.25) is 11.7 Å². The zero-order valence-electron chi connectivity index (χ0n) is 18.6. The largest absolute Gasteiger partial charge is 0.493 e. The third-order valence-corrected chi connectivity index (χ3v) is 6.23. The van der Waals surface area contributed by atoms with E-state index in [1.165, 1.54) is 21.3 Å². The highest BCUT2D eigenvalue weighted by atomic mass is 16.5. The highest BCUT2D eigenvalue weighted by molar-refractivity contribution is 5.96. The quantitative estimate of drug-likeness (QED) is 0.716. The van der Waals surface area contributed by atoms with Gasteiger partial charge in [0.15, 0.2) is 11.5 Å². The van der Waals surface area contributed by atoms with Crippen molar-refractivity contribution in [3.63, 3.8) is 0 Å². The molecule has 2 aliphatic heterocycles. The first-order chi connectivity index (χ1) is 15.5. The Morgan fingerprint density at radius 3 is 2.22 bits per heavy atom. The lowest BCUT2D eigenvalue weighted by Gasteiger charge is -2.39. The van der Waals surface area contributed by atoms with E-state index < -0.39 is 5.66 Å². The van der Waals surface area contributed by atoms with E-state index in [2.05, 4.69) is 10.6 Å². The van der Waals surface area contributed by atoms with Crippen LogP contribution in [-0.4, -0.2) is 62.8 Å². The van der Waals surface area contributed by atoms with Crippen molar-refractivity contribution < 1.29 is 23.8 Å². The molecule has 1 unspecified atom stereocenters. The smallest absolute Gasteiger partial charge is 0.254 e. The molecule has 4 rings (SSSR count). The van der Waals surface area contributed by atoms with Gasteiger partial charge in [-0.2, -0.15) is 0 Å². The van der Waals surface area contributed by atoms with E-state index in [9.17, 15) is 9.59 Å². The van der Waals surface area contributed by atoms with Crippen LogP contribution in [0.15, 0.2) is 42.5 Å². The van der Waals surface area contributed by atoms with Gasteiger partial charge < -0.3 is 24.4 Å². The number of nitrogens with zero attached hydrogens (tertiary/aromatic N) is 1. The molecule has 1 spiro atoms. The summed E-state index contributed by atoms with van der Waals surface area (Å²) in [6, 6.07) is 13.0. The molecule has 2 N–H and O–H groups in total. The van der Waals surface area contributed by atoms with Crippen LogP contribution in [0.5, 0.6) is 17.2 Å². The van der Waals surface area contributed by atoms with Gasteiger partial charge >= 0.3 is 0 Å². The molecule has 0 aliphatic carbocycles. The highest BCUT2D eigenvalue weighted by Crippen LogP contribution is 2.38. The summed E-state index contributed by atoms with van der Waals surface area (Å²) in [5.74, 6) is 1.24. The van der Waals surface area contributed by atoms with E-state index in [-0.39, 0.29) is 17.9 Å². The summed E-state index contributed by atoms with van der Waals surface area (Å²) in [6.45, 7) is 1.06. The van der Waals surface area contributed by atoms with Gasteiger partial charge in [0, 0.05) is 31.5 Å². The molecule has 32 heavy (non-hydrogen) atoms. The van der Waals surface area contributed by atoms with Crippen LogP contribution in [0.1, 0.15) is 28.8 Å². The molecule has 2 saturated heterocycles. The summed E-state index contributed by atoms with van der Waals surface area (Å²) in [5.41, 5.74) is 1.12. The Morgan fingerprint density at radius 1 is 1.03 bits per heavy atom. The molecule has 2 fully saturated rings. The van der Waals surface area contributed by atoms with Crippen molar-refractivity contribution in [1.29, 1.82) is 0 Å². The zero-order valence-corrected chi connectivity index (χ0v) is 18.6. The summed E-state index contributed by atoms with van der Waals surface area (Å²) < 4.78 is 16.1. The maximum atomic E-state index is 13.2. The molecule has 0 radical (unpaired) electrons. The third kappa shape index (κ3) is 4.23. The fourth-order valence-corrected chi connectivity index (χ4v) is 4.50. The van der Waals surface area contributed by atoms with E-state index in [0.717, 1.165) is 5.56 Å². The maximum Gasteiger partial charge on any atom is 0.254 e. The average Bonchev–Trinajstić information content (AvgIpc) is 3.12. The van der Waals surface area contributed by atoms with Crippen LogP contribution >= 0.6 is 0 Å². The standard InChI is InChI=1S/C24H29N3O5/c1-30-19-14-17(15-20(31-2)21(19)32-3)23(29)27-11-9-24(10-12-27)25-18(22(28)26-24)13-16-7-5-4-6-8-16/h4-8,14-15,18,25H,9-13H2,1-3H3,(H,26,28). The molecular formula is C24H29N3O5. The number of piperidine rings is 1. The highest BCUT2D eigenvalue weighted by Gasteiger charge is 2.45. The van der Waals surface area contributed by atoms with Crippen LogP contribution < -0.4 is 24.8 Å². The number of likely N-dealkylation sites (tertiary alicyclic amines) is 1. The number of methoxy groups -OCH3 is 3. The van der Waals surface area contributed by atoms with E-state index in [1.54, 1.807) is 17.0 Å². The lowest BCUT2D eigenvalue weighted by molar-refractivity contribution is -0.121. The van der Waals surface area contributed by atoms with Crippen LogP contribution in [0.25, 0.3) is 0 Å². The maximum absolute atomic E-state index is 13.2. The molecule has 170 valence electrons. The Labute approximate surface area is 187 Å². The monoisotopic (exact) mass is 439 g/mol. The van der Waals surface area contributed by atoms with Gasteiger partial charge in [-0.3, -0.25) is 14.9 Å². The van der Waals surface area contributed by atoms with Crippen LogP contribution in [0.3, 0.4) is 0 Å². The van der Waals surface area contributed by atoms with Gasteiger partial charge in [0.1, 0.15) is 0 Å². The number of carbonyl (C=O) groups excluding carboxylic acids is 2. The molecule has 0 saturated carbocycles. The second-order valence-electron chi connectivity index (χ2n) is 8.16. The fourth-order valence-electron chi connectivity index (χ4n) is 4.50. The summed E-state index contributed by atoms with van der Waals surface area (Å²) in [5, 5.41) is 6.65. The van der Waals surface area contributed by atoms with Crippen molar-refractivity contribution >= 4 is 11.8 Å². The molecule has 2 amide bonds. The van der Waals surface area contributed by atoms with Crippen LogP contribution in [0.2, 0.25) is 0 Å². The number of carbonyl (C=O) groups is 2. The molecule has 2 aromatic rings. The minimum atomic E-state index is -0.470. The second kappa shape index (κ2) is 9.08. The Balaban J connectivity index is 1.43. The lowest BCUT2D eigenvalue weighted by atomic mass is 9.96. The number of ether oxygens (including phenoxy) is 3. The van der Waals surface area contributed by atoms with Crippen LogP contribution in [0.4, 0.5) is 0 Å². The lowest BCUT2D eigenvalue weighted by Crippen LogP contribution is -2.58. The van der Waals surface area contributed by atoms with Gasteiger partial charge in [0.25, 0.3) is 5.91 Å². The van der Waals surface area contributed by atoms with E-state index in [0.29, 0.717) is 55.2 Å². The predicted molar refractivity (Wildman–Crippen MR) is 119 cm³/mol. The molecular weight excluding hydrogens is 410 g/mol. The van der Waals surface area contributed by atoms with Crippen molar-refractivity contribution in [2.75, 3.05) is 34.4 Å². The first kappa shape index (κ1) is 22.0.